The summed E-state index contributed by atoms with van der Waals surface area (Å²) in [5.41, 5.74) is 2.22. The van der Waals surface area contributed by atoms with Crippen LogP contribution in [-0.2, 0) is 16.6 Å². The Bertz CT molecular complexity index is 1490. The Kier molecular flexibility index (Phi) is 10.9. The highest BCUT2D eigenvalue weighted by molar-refractivity contribution is 7.98. The molecule has 0 N–H and O–H groups in total. The smallest absolute Gasteiger partial charge is 0.260 e. The van der Waals surface area contributed by atoms with Gasteiger partial charge in [-0.3, -0.25) is 9.69 Å². The van der Waals surface area contributed by atoms with Gasteiger partial charge in [0.2, 0.25) is 10.0 Å². The first-order valence-corrected chi connectivity index (χ1v) is 15.8. The molecule has 0 radical (unpaired) electrons. The van der Waals surface area contributed by atoms with Gasteiger partial charge in [-0.25, -0.2) is 13.4 Å². The number of sulfonamides is 1. The molecule has 0 aliphatic rings. The predicted molar refractivity (Wildman–Crippen MR) is 165 cm³/mol. The van der Waals surface area contributed by atoms with Gasteiger partial charge in [-0.05, 0) is 62.3 Å². The molecule has 0 saturated carbocycles. The molecule has 11 heteroatoms. The maximum atomic E-state index is 13.7. The molecule has 4 aromatic rings. The highest BCUT2D eigenvalue weighted by Gasteiger charge is 2.26. The predicted octanol–water partition coefficient (Wildman–Crippen LogP) is 5.86. The lowest BCUT2D eigenvalue weighted by atomic mass is 10.2. The van der Waals surface area contributed by atoms with Crippen LogP contribution in [0.5, 0.6) is 0 Å². The molecule has 0 saturated heterocycles. The zero-order valence-electron chi connectivity index (χ0n) is 22.4. The lowest BCUT2D eigenvalue weighted by Gasteiger charge is -2.23. The highest BCUT2D eigenvalue weighted by atomic mass is 35.5. The number of nitrogens with zero attached hydrogens (tertiary/aromatic N) is 4. The topological polar surface area (TPSA) is 73.8 Å². The Morgan fingerprint density at radius 2 is 1.64 bits per heavy atom. The zero-order chi connectivity index (χ0) is 27.3. The lowest BCUT2D eigenvalue weighted by molar-refractivity contribution is 0.0985. The average molecular weight is 605 g/mol. The molecule has 7 nitrogen and oxygen atoms in total. The standard InChI is InChI=1S/C28H32N4O3S3.ClH/c1-5-31(20-21-10-7-6-8-11-21)38(34,35)23-16-14-22(15-17-23)27(33)32(19-18-30(2)3)28-29-26-24(36-4)12-9-13-25(26)37-28;/h6-17H,5,18-20H2,1-4H3;1H. The molecule has 1 aromatic heterocycles. The number of thiazole rings is 1. The van der Waals surface area contributed by atoms with Crippen LogP contribution in [0.2, 0.25) is 0 Å². The van der Waals surface area contributed by atoms with Gasteiger partial charge in [0.25, 0.3) is 5.91 Å². The van der Waals surface area contributed by atoms with Crippen molar-refractivity contribution < 1.29 is 13.2 Å². The maximum absolute atomic E-state index is 13.7. The first-order valence-electron chi connectivity index (χ1n) is 12.3. The van der Waals surface area contributed by atoms with E-state index in [4.69, 9.17) is 4.98 Å². The Balaban J connectivity index is 0.00000420. The molecule has 208 valence electrons. The normalized spacial score (nSPS) is 11.6. The minimum Gasteiger partial charge on any atom is -0.308 e. The van der Waals surface area contributed by atoms with Crippen molar-refractivity contribution in [3.63, 3.8) is 0 Å². The van der Waals surface area contributed by atoms with Crippen LogP contribution in [0.3, 0.4) is 0 Å². The number of benzene rings is 3. The van der Waals surface area contributed by atoms with Crippen LogP contribution in [0.4, 0.5) is 5.13 Å². The summed E-state index contributed by atoms with van der Waals surface area (Å²) in [4.78, 5) is 23.4. The molecule has 0 unspecified atom stereocenters. The van der Waals surface area contributed by atoms with Crippen LogP contribution in [0, 0.1) is 0 Å². The minimum atomic E-state index is -3.72. The number of thioether (sulfide) groups is 1. The second kappa shape index (κ2) is 13.7. The molecule has 3 aromatic carbocycles. The number of halogens is 1. The molecule has 0 bridgehead atoms. The summed E-state index contributed by atoms with van der Waals surface area (Å²) < 4.78 is 29.2. The summed E-state index contributed by atoms with van der Waals surface area (Å²) in [6.45, 7) is 3.57. The second-order valence-electron chi connectivity index (χ2n) is 9.00. The summed E-state index contributed by atoms with van der Waals surface area (Å²) in [6, 6.07) is 21.8. The van der Waals surface area contributed by atoms with Crippen LogP contribution in [-0.4, -0.2) is 68.5 Å². The van der Waals surface area contributed by atoms with Crippen molar-refractivity contribution in [3.05, 3.63) is 83.9 Å². The van der Waals surface area contributed by atoms with Gasteiger partial charge in [0.05, 0.1) is 15.1 Å². The quantitative estimate of drug-likeness (QED) is 0.200. The van der Waals surface area contributed by atoms with E-state index in [1.165, 1.54) is 27.8 Å². The Morgan fingerprint density at radius 1 is 0.949 bits per heavy atom. The molecular formula is C28H33ClN4O3S3. The second-order valence-corrected chi connectivity index (χ2v) is 12.8. The SMILES string of the molecule is CCN(Cc1ccccc1)S(=O)(=O)c1ccc(C(=O)N(CCN(C)C)c2nc3c(SC)cccc3s2)cc1.Cl. The molecule has 4 rings (SSSR count). The molecule has 0 aliphatic carbocycles. The molecule has 1 amide bonds. The van der Waals surface area contributed by atoms with Crippen molar-refractivity contribution in [2.45, 2.75) is 23.3 Å². The fourth-order valence-corrected chi connectivity index (χ4v) is 7.09. The van der Waals surface area contributed by atoms with E-state index < -0.39 is 10.0 Å². The highest BCUT2D eigenvalue weighted by Crippen LogP contribution is 2.34. The van der Waals surface area contributed by atoms with E-state index >= 15 is 0 Å². The van der Waals surface area contributed by atoms with E-state index in [1.54, 1.807) is 28.8 Å². The van der Waals surface area contributed by atoms with Crippen molar-refractivity contribution in [2.24, 2.45) is 0 Å². The number of rotatable bonds is 11. The average Bonchev–Trinajstić information content (AvgIpc) is 3.36. The summed E-state index contributed by atoms with van der Waals surface area (Å²) in [5.74, 6) is -0.211. The van der Waals surface area contributed by atoms with Gasteiger partial charge in [0, 0.05) is 36.6 Å². The first kappa shape index (κ1) is 31.1. The summed E-state index contributed by atoms with van der Waals surface area (Å²) in [6.07, 6.45) is 2.01. The number of hydrogen-bond donors (Lipinski definition) is 0. The van der Waals surface area contributed by atoms with Gasteiger partial charge in [0.15, 0.2) is 5.13 Å². The van der Waals surface area contributed by atoms with E-state index in [0.717, 1.165) is 20.7 Å². The number of hydrogen-bond acceptors (Lipinski definition) is 7. The third-order valence-electron chi connectivity index (χ3n) is 6.13. The molecule has 1 heterocycles. The van der Waals surface area contributed by atoms with E-state index in [9.17, 15) is 13.2 Å². The number of para-hydroxylation sites is 1. The van der Waals surface area contributed by atoms with Gasteiger partial charge in [-0.1, -0.05) is 54.7 Å². The van der Waals surface area contributed by atoms with E-state index in [-0.39, 0.29) is 29.8 Å². The third kappa shape index (κ3) is 7.19. The molecule has 0 atom stereocenters. The number of anilines is 1. The summed E-state index contributed by atoms with van der Waals surface area (Å²) >= 11 is 3.11. The maximum Gasteiger partial charge on any atom is 0.260 e. The van der Waals surface area contributed by atoms with Crippen molar-refractivity contribution >= 4 is 66.8 Å². The number of aromatic nitrogens is 1. The van der Waals surface area contributed by atoms with E-state index in [2.05, 4.69) is 0 Å². The van der Waals surface area contributed by atoms with Crippen molar-refractivity contribution in [2.75, 3.05) is 44.9 Å². The van der Waals surface area contributed by atoms with Crippen LogP contribution in [0.1, 0.15) is 22.8 Å². The molecule has 0 aliphatic heterocycles. The van der Waals surface area contributed by atoms with E-state index in [0.29, 0.717) is 30.3 Å². The monoisotopic (exact) mass is 604 g/mol. The minimum absolute atomic E-state index is 0. The first-order chi connectivity index (χ1) is 18.2. The molecule has 0 spiro atoms. The summed E-state index contributed by atoms with van der Waals surface area (Å²) in [7, 11) is 0.198. The van der Waals surface area contributed by atoms with Crippen molar-refractivity contribution in [3.8, 4) is 0 Å². The van der Waals surface area contributed by atoms with Crippen LogP contribution in [0.15, 0.2) is 82.6 Å². The van der Waals surface area contributed by atoms with Gasteiger partial charge < -0.3 is 4.90 Å². The van der Waals surface area contributed by atoms with Crippen LogP contribution >= 0.6 is 35.5 Å². The number of likely N-dealkylation sites (N-methyl/N-ethyl adjacent to an activating group) is 1. The Hall–Kier alpha value is -2.47. The van der Waals surface area contributed by atoms with Crippen LogP contribution in [0.25, 0.3) is 10.2 Å². The third-order valence-corrected chi connectivity index (χ3v) is 9.88. The fourth-order valence-electron chi connectivity index (χ4n) is 4.00. The van der Waals surface area contributed by atoms with Crippen molar-refractivity contribution in [1.82, 2.24) is 14.2 Å². The Morgan fingerprint density at radius 3 is 2.26 bits per heavy atom. The molecular weight excluding hydrogens is 572 g/mol. The summed E-state index contributed by atoms with van der Waals surface area (Å²) in [5, 5.41) is 0.630. The van der Waals surface area contributed by atoms with Gasteiger partial charge in [-0.15, -0.1) is 24.2 Å². The number of amides is 1. The lowest BCUT2D eigenvalue weighted by Crippen LogP contribution is -2.36. The molecule has 0 fully saturated rings. The van der Waals surface area contributed by atoms with Crippen molar-refractivity contribution in [1.29, 1.82) is 0 Å². The Labute approximate surface area is 245 Å². The van der Waals surface area contributed by atoms with E-state index in [1.807, 2.05) is 80.7 Å². The van der Waals surface area contributed by atoms with Gasteiger partial charge >= 0.3 is 0 Å². The zero-order valence-corrected chi connectivity index (χ0v) is 25.7. The fraction of sp³-hybridized carbons (Fsp3) is 0.286. The number of carbonyl (C=O) groups excluding carboxylic acids is 1. The number of carbonyl (C=O) groups is 1. The van der Waals surface area contributed by atoms with Gasteiger partial charge in [0.1, 0.15) is 0 Å². The van der Waals surface area contributed by atoms with Crippen LogP contribution < -0.4 is 4.90 Å². The van der Waals surface area contributed by atoms with Gasteiger partial charge in [-0.2, -0.15) is 4.31 Å². The molecule has 39 heavy (non-hydrogen) atoms. The largest absolute Gasteiger partial charge is 0.308 e. The number of fused-ring (bicyclic) bond motifs is 1.